The zero-order valence-corrected chi connectivity index (χ0v) is 10.9. The molecule has 1 aromatic carbocycles. The minimum Gasteiger partial charge on any atom is -0.475 e. The molecule has 2 rings (SSSR count). The van der Waals surface area contributed by atoms with E-state index in [1.165, 1.54) is 18.2 Å². The monoisotopic (exact) mass is 313 g/mol. The van der Waals surface area contributed by atoms with Gasteiger partial charge in [0.1, 0.15) is 5.82 Å². The topological polar surface area (TPSA) is 62.5 Å². The number of hydrogen-bond acceptors (Lipinski definition) is 3. The van der Waals surface area contributed by atoms with E-state index in [0.717, 1.165) is 0 Å². The van der Waals surface area contributed by atoms with Crippen LogP contribution in [0.25, 0.3) is 0 Å². The van der Waals surface area contributed by atoms with Gasteiger partial charge in [-0.1, -0.05) is 0 Å². The van der Waals surface area contributed by atoms with E-state index in [9.17, 15) is 9.18 Å². The predicted molar refractivity (Wildman–Crippen MR) is 67.8 cm³/mol. The third kappa shape index (κ3) is 2.53. The van der Waals surface area contributed by atoms with Gasteiger partial charge in [-0.15, -0.1) is 0 Å². The number of furan rings is 1. The summed E-state index contributed by atoms with van der Waals surface area (Å²) in [4.78, 5) is 10.7. The lowest BCUT2D eigenvalue weighted by atomic mass is 10.2. The molecule has 0 aliphatic carbocycles. The molecule has 0 bridgehead atoms. The van der Waals surface area contributed by atoms with Gasteiger partial charge in [-0.3, -0.25) is 0 Å². The van der Waals surface area contributed by atoms with Gasteiger partial charge >= 0.3 is 5.97 Å². The minimum absolute atomic E-state index is 0.156. The van der Waals surface area contributed by atoms with Crippen LogP contribution in [0.15, 0.2) is 33.2 Å². The molecule has 0 saturated heterocycles. The highest BCUT2D eigenvalue weighted by Gasteiger charge is 2.11. The van der Waals surface area contributed by atoms with E-state index in [-0.39, 0.29) is 17.5 Å². The van der Waals surface area contributed by atoms with Crippen molar-refractivity contribution in [1.29, 1.82) is 0 Å². The number of carbonyl (C=O) groups is 1. The summed E-state index contributed by atoms with van der Waals surface area (Å²) in [7, 11) is 0. The molecule has 0 atom stereocenters. The molecule has 0 aliphatic rings. The Balaban J connectivity index is 2.28. The SMILES string of the molecule is Cc1cc(F)c(Br)cc1Nc1ccc(C(=O)O)o1. The van der Waals surface area contributed by atoms with Crippen molar-refractivity contribution in [3.63, 3.8) is 0 Å². The maximum atomic E-state index is 13.2. The van der Waals surface area contributed by atoms with E-state index in [0.29, 0.717) is 15.7 Å². The van der Waals surface area contributed by atoms with Crippen molar-refractivity contribution in [2.75, 3.05) is 5.32 Å². The van der Waals surface area contributed by atoms with Crippen LogP contribution in [-0.2, 0) is 0 Å². The fourth-order valence-electron chi connectivity index (χ4n) is 1.43. The molecule has 94 valence electrons. The van der Waals surface area contributed by atoms with Crippen molar-refractivity contribution in [1.82, 2.24) is 0 Å². The van der Waals surface area contributed by atoms with Crippen LogP contribution in [0, 0.1) is 12.7 Å². The third-order valence-corrected chi connectivity index (χ3v) is 2.95. The van der Waals surface area contributed by atoms with Gasteiger partial charge in [-0.25, -0.2) is 9.18 Å². The molecule has 0 unspecified atom stereocenters. The Bertz CT molecular complexity index is 609. The lowest BCUT2D eigenvalue weighted by Crippen LogP contribution is -1.94. The Labute approximate surface area is 111 Å². The standard InChI is InChI=1S/C12H9BrFNO3/c1-6-4-8(14)7(13)5-9(6)15-11-3-2-10(18-11)12(16)17/h2-5,15H,1H3,(H,16,17). The molecule has 1 heterocycles. The van der Waals surface area contributed by atoms with Crippen LogP contribution in [0.3, 0.4) is 0 Å². The molecule has 0 fully saturated rings. The first-order chi connectivity index (χ1) is 8.47. The number of carboxylic acids is 1. The van der Waals surface area contributed by atoms with Crippen molar-refractivity contribution < 1.29 is 18.7 Å². The highest BCUT2D eigenvalue weighted by Crippen LogP contribution is 2.27. The molecule has 6 heteroatoms. The van der Waals surface area contributed by atoms with Gasteiger partial charge in [0.2, 0.25) is 5.76 Å². The fraction of sp³-hybridized carbons (Fsp3) is 0.0833. The number of halogens is 2. The average molecular weight is 314 g/mol. The Hall–Kier alpha value is -1.82. The predicted octanol–water partition coefficient (Wildman–Crippen LogP) is 3.93. The molecular formula is C12H9BrFNO3. The molecule has 4 nitrogen and oxygen atoms in total. The summed E-state index contributed by atoms with van der Waals surface area (Å²) in [6.07, 6.45) is 0. The van der Waals surface area contributed by atoms with Gasteiger partial charge in [0.25, 0.3) is 0 Å². The Morgan fingerprint density at radius 1 is 1.44 bits per heavy atom. The number of benzene rings is 1. The van der Waals surface area contributed by atoms with E-state index in [4.69, 9.17) is 9.52 Å². The summed E-state index contributed by atoms with van der Waals surface area (Å²) >= 11 is 3.08. The van der Waals surface area contributed by atoms with Crippen LogP contribution in [0.5, 0.6) is 0 Å². The van der Waals surface area contributed by atoms with Gasteiger partial charge in [0.05, 0.1) is 4.47 Å². The Morgan fingerprint density at radius 3 is 2.78 bits per heavy atom. The summed E-state index contributed by atoms with van der Waals surface area (Å²) in [5.74, 6) is -1.37. The third-order valence-electron chi connectivity index (χ3n) is 2.34. The molecule has 2 N–H and O–H groups in total. The van der Waals surface area contributed by atoms with Crippen LogP contribution < -0.4 is 5.32 Å². The molecule has 0 spiro atoms. The summed E-state index contributed by atoms with van der Waals surface area (Å²) in [6, 6.07) is 5.78. The van der Waals surface area contributed by atoms with Crippen LogP contribution in [0.4, 0.5) is 16.0 Å². The molecule has 2 aromatic rings. The molecule has 0 amide bonds. The summed E-state index contributed by atoms with van der Waals surface area (Å²) < 4.78 is 18.6. The van der Waals surface area contributed by atoms with Crippen molar-refractivity contribution in [2.45, 2.75) is 6.92 Å². The van der Waals surface area contributed by atoms with E-state index >= 15 is 0 Å². The lowest BCUT2D eigenvalue weighted by molar-refractivity contribution is 0.0663. The Morgan fingerprint density at radius 2 is 2.17 bits per heavy atom. The molecule has 1 aromatic heterocycles. The highest BCUT2D eigenvalue weighted by molar-refractivity contribution is 9.10. The summed E-state index contributed by atoms with van der Waals surface area (Å²) in [5, 5.41) is 11.6. The van der Waals surface area contributed by atoms with Gasteiger partial charge in [-0.05, 0) is 46.6 Å². The number of aromatic carboxylic acids is 1. The van der Waals surface area contributed by atoms with Crippen molar-refractivity contribution in [2.24, 2.45) is 0 Å². The van der Waals surface area contributed by atoms with E-state index in [1.807, 2.05) is 0 Å². The van der Waals surface area contributed by atoms with Crippen molar-refractivity contribution in [3.05, 3.63) is 45.9 Å². The largest absolute Gasteiger partial charge is 0.475 e. The zero-order valence-electron chi connectivity index (χ0n) is 9.33. The zero-order chi connectivity index (χ0) is 13.3. The second kappa shape index (κ2) is 4.81. The van der Waals surface area contributed by atoms with Crippen LogP contribution >= 0.6 is 15.9 Å². The molecule has 0 saturated carbocycles. The van der Waals surface area contributed by atoms with Gasteiger partial charge < -0.3 is 14.8 Å². The second-order valence-electron chi connectivity index (χ2n) is 3.68. The maximum Gasteiger partial charge on any atom is 0.371 e. The van der Waals surface area contributed by atoms with E-state index < -0.39 is 5.97 Å². The minimum atomic E-state index is -1.14. The van der Waals surface area contributed by atoms with E-state index in [2.05, 4.69) is 21.2 Å². The number of anilines is 2. The molecule has 18 heavy (non-hydrogen) atoms. The smallest absolute Gasteiger partial charge is 0.371 e. The van der Waals surface area contributed by atoms with Crippen LogP contribution in [0.1, 0.15) is 16.1 Å². The maximum absolute atomic E-state index is 13.2. The van der Waals surface area contributed by atoms with Crippen LogP contribution in [0.2, 0.25) is 0 Å². The Kier molecular flexibility index (Phi) is 3.38. The first kappa shape index (κ1) is 12.6. The number of nitrogens with one attached hydrogen (secondary N) is 1. The molecule has 0 aliphatic heterocycles. The van der Waals surface area contributed by atoms with Crippen molar-refractivity contribution in [3.8, 4) is 0 Å². The normalized spacial score (nSPS) is 10.4. The fourth-order valence-corrected chi connectivity index (χ4v) is 1.78. The van der Waals surface area contributed by atoms with Gasteiger partial charge in [0.15, 0.2) is 5.88 Å². The van der Waals surface area contributed by atoms with E-state index in [1.54, 1.807) is 13.0 Å². The first-order valence-electron chi connectivity index (χ1n) is 5.03. The van der Waals surface area contributed by atoms with Gasteiger partial charge in [-0.2, -0.15) is 0 Å². The first-order valence-corrected chi connectivity index (χ1v) is 5.82. The number of aryl methyl sites for hydroxylation is 1. The highest BCUT2D eigenvalue weighted by atomic mass is 79.9. The summed E-state index contributed by atoms with van der Waals surface area (Å²) in [5.41, 5.74) is 1.32. The quantitative estimate of drug-likeness (QED) is 0.901. The second-order valence-corrected chi connectivity index (χ2v) is 4.53. The number of carboxylic acid groups (broad SMARTS) is 1. The lowest BCUT2D eigenvalue weighted by Gasteiger charge is -2.08. The molecule has 0 radical (unpaired) electrons. The number of rotatable bonds is 3. The van der Waals surface area contributed by atoms with Crippen molar-refractivity contribution >= 4 is 33.5 Å². The van der Waals surface area contributed by atoms with Gasteiger partial charge in [0, 0.05) is 11.8 Å². The average Bonchev–Trinajstić information content (AvgIpc) is 2.74. The number of hydrogen-bond donors (Lipinski definition) is 2. The van der Waals surface area contributed by atoms with Crippen LogP contribution in [-0.4, -0.2) is 11.1 Å². The summed E-state index contributed by atoms with van der Waals surface area (Å²) in [6.45, 7) is 1.74. The molecular weight excluding hydrogens is 305 g/mol.